The van der Waals surface area contributed by atoms with Gasteiger partial charge in [-0.1, -0.05) is 18.2 Å². The summed E-state index contributed by atoms with van der Waals surface area (Å²) in [5.74, 6) is 0.851. The standard InChI is InChI=1S/C25H31N3O3/c1-18-6-4-7-21(14-18)27-13-12-26(16-20(27)3)24(29)8-5-11-28-22-15-19(2)9-10-23(22)31-17-25(28)30/h4,6-7,9-10,14-15,20H,5,8,11-13,16-17H2,1-3H3. The van der Waals surface area contributed by atoms with E-state index in [0.29, 0.717) is 19.4 Å². The first-order chi connectivity index (χ1) is 14.9. The largest absolute Gasteiger partial charge is 0.482 e. The van der Waals surface area contributed by atoms with Crippen molar-refractivity contribution in [2.24, 2.45) is 0 Å². The Hall–Kier alpha value is -3.02. The highest BCUT2D eigenvalue weighted by atomic mass is 16.5. The monoisotopic (exact) mass is 421 g/mol. The predicted octanol–water partition coefficient (Wildman–Crippen LogP) is 3.55. The molecule has 0 spiro atoms. The zero-order valence-corrected chi connectivity index (χ0v) is 18.6. The summed E-state index contributed by atoms with van der Waals surface area (Å²) in [5, 5.41) is 0. The zero-order chi connectivity index (χ0) is 22.0. The van der Waals surface area contributed by atoms with E-state index in [4.69, 9.17) is 4.74 Å². The molecule has 0 radical (unpaired) electrons. The highest BCUT2D eigenvalue weighted by Crippen LogP contribution is 2.33. The number of benzene rings is 2. The van der Waals surface area contributed by atoms with Crippen LogP contribution in [0.1, 0.15) is 30.9 Å². The van der Waals surface area contributed by atoms with Gasteiger partial charge < -0.3 is 19.4 Å². The summed E-state index contributed by atoms with van der Waals surface area (Å²) in [5.41, 5.74) is 4.36. The summed E-state index contributed by atoms with van der Waals surface area (Å²) in [6, 6.07) is 14.7. The Balaban J connectivity index is 1.31. The van der Waals surface area contributed by atoms with Gasteiger partial charge >= 0.3 is 0 Å². The van der Waals surface area contributed by atoms with E-state index >= 15 is 0 Å². The van der Waals surface area contributed by atoms with Gasteiger partial charge in [0.25, 0.3) is 5.91 Å². The highest BCUT2D eigenvalue weighted by molar-refractivity contribution is 5.98. The van der Waals surface area contributed by atoms with Crippen molar-refractivity contribution in [2.75, 3.05) is 42.6 Å². The fraction of sp³-hybridized carbons (Fsp3) is 0.440. The van der Waals surface area contributed by atoms with Gasteiger partial charge in [-0.05, 0) is 62.6 Å². The Kier molecular flexibility index (Phi) is 6.16. The van der Waals surface area contributed by atoms with E-state index in [1.807, 2.05) is 30.0 Å². The second kappa shape index (κ2) is 9.00. The van der Waals surface area contributed by atoms with Gasteiger partial charge in [0.2, 0.25) is 5.91 Å². The first-order valence-electron chi connectivity index (χ1n) is 11.1. The van der Waals surface area contributed by atoms with Crippen LogP contribution in [-0.2, 0) is 9.59 Å². The summed E-state index contributed by atoms with van der Waals surface area (Å²) < 4.78 is 5.54. The second-order valence-corrected chi connectivity index (χ2v) is 8.63. The minimum absolute atomic E-state index is 0.0501. The maximum atomic E-state index is 12.8. The topological polar surface area (TPSA) is 53.1 Å². The Bertz CT molecular complexity index is 974. The molecule has 1 atom stereocenters. The molecular formula is C25H31N3O3. The van der Waals surface area contributed by atoms with Crippen molar-refractivity contribution in [3.8, 4) is 5.75 Å². The van der Waals surface area contributed by atoms with Crippen molar-refractivity contribution in [3.63, 3.8) is 0 Å². The zero-order valence-electron chi connectivity index (χ0n) is 18.6. The molecule has 0 N–H and O–H groups in total. The average molecular weight is 422 g/mol. The number of ether oxygens (including phenoxy) is 1. The third-order valence-electron chi connectivity index (χ3n) is 6.14. The van der Waals surface area contributed by atoms with Crippen molar-refractivity contribution >= 4 is 23.2 Å². The first-order valence-corrected chi connectivity index (χ1v) is 11.1. The lowest BCUT2D eigenvalue weighted by molar-refractivity contribution is -0.132. The molecule has 2 aromatic carbocycles. The molecule has 2 heterocycles. The number of hydrogen-bond donors (Lipinski definition) is 0. The van der Waals surface area contributed by atoms with Crippen LogP contribution in [0.4, 0.5) is 11.4 Å². The number of hydrogen-bond acceptors (Lipinski definition) is 4. The number of nitrogens with zero attached hydrogens (tertiary/aromatic N) is 3. The van der Waals surface area contributed by atoms with E-state index in [2.05, 4.69) is 43.0 Å². The number of fused-ring (bicyclic) bond motifs is 1. The Morgan fingerprint density at radius 3 is 2.68 bits per heavy atom. The molecule has 164 valence electrons. The lowest BCUT2D eigenvalue weighted by Gasteiger charge is -2.41. The minimum atomic E-state index is -0.0501. The number of anilines is 2. The molecule has 2 aliphatic rings. The van der Waals surface area contributed by atoms with Crippen LogP contribution in [0, 0.1) is 13.8 Å². The van der Waals surface area contributed by atoms with Gasteiger partial charge in [-0.2, -0.15) is 0 Å². The Morgan fingerprint density at radius 1 is 1.10 bits per heavy atom. The van der Waals surface area contributed by atoms with Crippen molar-refractivity contribution in [1.29, 1.82) is 0 Å². The lowest BCUT2D eigenvalue weighted by Crippen LogP contribution is -2.53. The van der Waals surface area contributed by atoms with Gasteiger partial charge in [0.15, 0.2) is 6.61 Å². The number of aryl methyl sites for hydroxylation is 2. The number of rotatable bonds is 5. The van der Waals surface area contributed by atoms with E-state index in [9.17, 15) is 9.59 Å². The maximum Gasteiger partial charge on any atom is 0.265 e. The molecular weight excluding hydrogens is 390 g/mol. The lowest BCUT2D eigenvalue weighted by atomic mass is 10.1. The third kappa shape index (κ3) is 4.68. The van der Waals surface area contributed by atoms with Crippen LogP contribution in [0.5, 0.6) is 5.75 Å². The quantitative estimate of drug-likeness (QED) is 0.741. The molecule has 6 nitrogen and oxygen atoms in total. The van der Waals surface area contributed by atoms with E-state index in [-0.39, 0.29) is 24.5 Å². The molecule has 2 amide bonds. The molecule has 0 aliphatic carbocycles. The van der Waals surface area contributed by atoms with Crippen molar-refractivity contribution in [2.45, 2.75) is 39.7 Å². The van der Waals surface area contributed by atoms with Crippen LogP contribution in [0.25, 0.3) is 0 Å². The van der Waals surface area contributed by atoms with E-state index in [1.165, 1.54) is 11.3 Å². The summed E-state index contributed by atoms with van der Waals surface area (Å²) in [6.45, 7) is 9.16. The molecule has 4 rings (SSSR count). The molecule has 0 aromatic heterocycles. The van der Waals surface area contributed by atoms with Crippen LogP contribution >= 0.6 is 0 Å². The SMILES string of the molecule is Cc1cccc(N2CCN(C(=O)CCCN3C(=O)COc4ccc(C)cc43)CC2C)c1. The van der Waals surface area contributed by atoms with Crippen molar-refractivity contribution in [3.05, 3.63) is 53.6 Å². The van der Waals surface area contributed by atoms with Crippen LogP contribution < -0.4 is 14.5 Å². The molecule has 0 bridgehead atoms. The van der Waals surface area contributed by atoms with Crippen molar-refractivity contribution < 1.29 is 14.3 Å². The summed E-state index contributed by atoms with van der Waals surface area (Å²) in [6.07, 6.45) is 1.09. The molecule has 1 fully saturated rings. The fourth-order valence-corrected chi connectivity index (χ4v) is 4.48. The Morgan fingerprint density at radius 2 is 1.90 bits per heavy atom. The average Bonchev–Trinajstić information content (AvgIpc) is 2.75. The molecule has 2 aliphatic heterocycles. The van der Waals surface area contributed by atoms with Crippen molar-refractivity contribution in [1.82, 2.24) is 4.90 Å². The second-order valence-electron chi connectivity index (χ2n) is 8.63. The van der Waals surface area contributed by atoms with Gasteiger partial charge in [-0.3, -0.25) is 9.59 Å². The third-order valence-corrected chi connectivity index (χ3v) is 6.14. The first kappa shape index (κ1) is 21.2. The molecule has 1 unspecified atom stereocenters. The van der Waals surface area contributed by atoms with Crippen LogP contribution in [0.15, 0.2) is 42.5 Å². The summed E-state index contributed by atoms with van der Waals surface area (Å²) in [7, 11) is 0. The minimum Gasteiger partial charge on any atom is -0.482 e. The molecule has 31 heavy (non-hydrogen) atoms. The summed E-state index contributed by atoms with van der Waals surface area (Å²) in [4.78, 5) is 31.3. The highest BCUT2D eigenvalue weighted by Gasteiger charge is 2.28. The van der Waals surface area contributed by atoms with E-state index in [0.717, 1.165) is 36.6 Å². The Labute approximate surface area is 184 Å². The van der Waals surface area contributed by atoms with Gasteiger partial charge in [0, 0.05) is 44.3 Å². The van der Waals surface area contributed by atoms with Gasteiger partial charge in [0.1, 0.15) is 5.75 Å². The van der Waals surface area contributed by atoms with E-state index < -0.39 is 0 Å². The van der Waals surface area contributed by atoms with Gasteiger partial charge in [-0.25, -0.2) is 0 Å². The number of piperazine rings is 1. The molecule has 1 saturated heterocycles. The smallest absolute Gasteiger partial charge is 0.265 e. The van der Waals surface area contributed by atoms with E-state index in [1.54, 1.807) is 4.90 Å². The maximum absolute atomic E-state index is 12.8. The van der Waals surface area contributed by atoms with Gasteiger partial charge in [0.05, 0.1) is 5.69 Å². The molecule has 2 aromatic rings. The van der Waals surface area contributed by atoms with Crippen LogP contribution in [0.3, 0.4) is 0 Å². The van der Waals surface area contributed by atoms with Crippen LogP contribution in [-0.4, -0.2) is 55.5 Å². The van der Waals surface area contributed by atoms with Gasteiger partial charge in [-0.15, -0.1) is 0 Å². The van der Waals surface area contributed by atoms with Crippen LogP contribution in [0.2, 0.25) is 0 Å². The number of amides is 2. The number of carbonyl (C=O) groups excluding carboxylic acids is 2. The predicted molar refractivity (Wildman–Crippen MR) is 123 cm³/mol. The summed E-state index contributed by atoms with van der Waals surface area (Å²) >= 11 is 0. The normalized spacial score (nSPS) is 18.6. The molecule has 6 heteroatoms. The number of carbonyl (C=O) groups is 2. The fourth-order valence-electron chi connectivity index (χ4n) is 4.48. The molecule has 0 saturated carbocycles.